The number of hydrogen-bond donors (Lipinski definition) is 3. The molecule has 0 heterocycles. The van der Waals surface area contributed by atoms with E-state index in [1.807, 2.05) is 0 Å². The molecule has 2 bridgehead atoms. The number of sulfonamides is 1. The van der Waals surface area contributed by atoms with Crippen LogP contribution in [0.25, 0.3) is 0 Å². The Hall–Kier alpha value is -1.51. The molecular formula is C19H26FN3O3S. The van der Waals surface area contributed by atoms with Crippen molar-refractivity contribution in [2.75, 3.05) is 5.32 Å². The zero-order valence-corrected chi connectivity index (χ0v) is 16.0. The van der Waals surface area contributed by atoms with E-state index >= 15 is 0 Å². The number of anilines is 1. The first-order valence-electron chi connectivity index (χ1n) is 9.72. The first-order chi connectivity index (χ1) is 12.8. The Morgan fingerprint density at radius 2 is 1.78 bits per heavy atom. The Bertz CT molecular complexity index is 827. The molecule has 3 fully saturated rings. The van der Waals surface area contributed by atoms with Crippen LogP contribution in [0.3, 0.4) is 0 Å². The summed E-state index contributed by atoms with van der Waals surface area (Å²) in [6.45, 7) is 0. The molecule has 6 nitrogen and oxygen atoms in total. The molecule has 0 aliphatic heterocycles. The number of hydrogen-bond acceptors (Lipinski definition) is 4. The highest BCUT2D eigenvalue weighted by atomic mass is 32.2. The van der Waals surface area contributed by atoms with Crippen molar-refractivity contribution >= 4 is 21.6 Å². The van der Waals surface area contributed by atoms with Gasteiger partial charge in [-0.25, -0.2) is 17.5 Å². The molecule has 1 amide bonds. The smallest absolute Gasteiger partial charge is 0.243 e. The van der Waals surface area contributed by atoms with E-state index in [0.717, 1.165) is 44.6 Å². The molecule has 4 N–H and O–H groups in total. The van der Waals surface area contributed by atoms with Gasteiger partial charge in [-0.15, -0.1) is 0 Å². The molecule has 8 heteroatoms. The van der Waals surface area contributed by atoms with Crippen molar-refractivity contribution in [3.05, 3.63) is 24.0 Å². The largest absolute Gasteiger partial charge is 0.327 e. The standard InChI is InChI=1S/C19H26FN3O3S/c20-16-7-6-15(10-17(16)27(25,26)23-14-4-5-14)22-19(24)13-8-11-2-1-3-12(9-13)18(11)21/h6-7,10-14,18,23H,1-5,8-9,21H2,(H,22,24). The molecule has 1 aromatic carbocycles. The van der Waals surface area contributed by atoms with Crippen molar-refractivity contribution < 1.29 is 17.6 Å². The molecule has 148 valence electrons. The summed E-state index contributed by atoms with van der Waals surface area (Å²) in [5.41, 5.74) is 6.58. The van der Waals surface area contributed by atoms with Gasteiger partial charge in [0.15, 0.2) is 0 Å². The van der Waals surface area contributed by atoms with Gasteiger partial charge >= 0.3 is 0 Å². The molecule has 0 spiro atoms. The van der Waals surface area contributed by atoms with Crippen molar-refractivity contribution in [2.45, 2.75) is 61.9 Å². The first kappa shape index (κ1) is 18.8. The van der Waals surface area contributed by atoms with Gasteiger partial charge in [0.1, 0.15) is 10.7 Å². The van der Waals surface area contributed by atoms with Crippen LogP contribution >= 0.6 is 0 Å². The average Bonchev–Trinajstić information content (AvgIpc) is 3.39. The highest BCUT2D eigenvalue weighted by molar-refractivity contribution is 7.89. The van der Waals surface area contributed by atoms with Gasteiger partial charge in [0.25, 0.3) is 0 Å². The second-order valence-corrected chi connectivity index (χ2v) is 9.91. The minimum atomic E-state index is -3.92. The zero-order chi connectivity index (χ0) is 19.2. The first-order valence-corrected chi connectivity index (χ1v) is 11.2. The number of rotatable bonds is 5. The van der Waals surface area contributed by atoms with Crippen LogP contribution in [-0.4, -0.2) is 26.4 Å². The maximum absolute atomic E-state index is 14.1. The van der Waals surface area contributed by atoms with E-state index in [9.17, 15) is 17.6 Å². The molecule has 0 saturated heterocycles. The quantitative estimate of drug-likeness (QED) is 0.712. The topological polar surface area (TPSA) is 101 Å². The molecular weight excluding hydrogens is 369 g/mol. The number of benzene rings is 1. The molecule has 0 aromatic heterocycles. The van der Waals surface area contributed by atoms with Crippen LogP contribution in [0.15, 0.2) is 23.1 Å². The Kier molecular flexibility index (Phi) is 4.98. The number of carbonyl (C=O) groups excluding carboxylic acids is 1. The highest BCUT2D eigenvalue weighted by Crippen LogP contribution is 2.42. The Labute approximate surface area is 159 Å². The molecule has 0 radical (unpaired) electrons. The zero-order valence-electron chi connectivity index (χ0n) is 15.2. The van der Waals surface area contributed by atoms with E-state index in [2.05, 4.69) is 10.0 Å². The maximum atomic E-state index is 14.1. The molecule has 27 heavy (non-hydrogen) atoms. The van der Waals surface area contributed by atoms with E-state index in [-0.39, 0.29) is 23.9 Å². The fraction of sp³-hybridized carbons (Fsp3) is 0.632. The lowest BCUT2D eigenvalue weighted by atomic mass is 9.65. The average molecular weight is 396 g/mol. The van der Waals surface area contributed by atoms with Crippen molar-refractivity contribution in [1.82, 2.24) is 4.72 Å². The summed E-state index contributed by atoms with van der Waals surface area (Å²) in [5.74, 6) is -0.335. The normalized spacial score (nSPS) is 30.7. The second-order valence-electron chi connectivity index (χ2n) is 8.23. The van der Waals surface area contributed by atoms with Crippen molar-refractivity contribution in [1.29, 1.82) is 0 Å². The van der Waals surface area contributed by atoms with Gasteiger partial charge in [-0.05, 0) is 68.6 Å². The Balaban J connectivity index is 1.48. The van der Waals surface area contributed by atoms with Gasteiger partial charge in [-0.1, -0.05) is 6.42 Å². The predicted molar refractivity (Wildman–Crippen MR) is 99.9 cm³/mol. The van der Waals surface area contributed by atoms with E-state index in [1.54, 1.807) is 0 Å². The van der Waals surface area contributed by atoms with Gasteiger partial charge in [0.05, 0.1) is 0 Å². The summed E-state index contributed by atoms with van der Waals surface area (Å²) in [4.78, 5) is 12.3. The fourth-order valence-electron chi connectivity index (χ4n) is 4.52. The number of halogens is 1. The Morgan fingerprint density at radius 3 is 2.41 bits per heavy atom. The van der Waals surface area contributed by atoms with E-state index < -0.39 is 20.7 Å². The molecule has 3 aliphatic carbocycles. The van der Waals surface area contributed by atoms with Gasteiger partial charge < -0.3 is 11.1 Å². The van der Waals surface area contributed by atoms with Crippen LogP contribution in [-0.2, 0) is 14.8 Å². The summed E-state index contributed by atoms with van der Waals surface area (Å²) < 4.78 is 41.2. The van der Waals surface area contributed by atoms with Crippen LogP contribution in [0.1, 0.15) is 44.9 Å². The summed E-state index contributed by atoms with van der Waals surface area (Å²) in [6.07, 6.45) is 6.36. The lowest BCUT2D eigenvalue weighted by Crippen LogP contribution is -2.48. The number of nitrogens with one attached hydrogen (secondary N) is 2. The summed E-state index contributed by atoms with van der Waals surface area (Å²) >= 11 is 0. The van der Waals surface area contributed by atoms with E-state index in [0.29, 0.717) is 17.5 Å². The van der Waals surface area contributed by atoms with Crippen LogP contribution in [0.2, 0.25) is 0 Å². The van der Waals surface area contributed by atoms with Crippen LogP contribution in [0.4, 0.5) is 10.1 Å². The number of nitrogens with two attached hydrogens (primary N) is 1. The molecule has 1 aromatic rings. The third-order valence-corrected chi connectivity index (χ3v) is 7.71. The molecule has 3 aliphatic rings. The van der Waals surface area contributed by atoms with Crippen molar-refractivity contribution in [3.63, 3.8) is 0 Å². The summed E-state index contributed by atoms with van der Waals surface area (Å²) in [5, 5.41) is 2.79. The third-order valence-electron chi connectivity index (χ3n) is 6.17. The van der Waals surface area contributed by atoms with Crippen molar-refractivity contribution in [3.8, 4) is 0 Å². The summed E-state index contributed by atoms with van der Waals surface area (Å²) in [6, 6.07) is 3.76. The minimum absolute atomic E-state index is 0.112. The monoisotopic (exact) mass is 395 g/mol. The third kappa shape index (κ3) is 4.02. The minimum Gasteiger partial charge on any atom is -0.327 e. The molecule has 2 atom stereocenters. The van der Waals surface area contributed by atoms with Gasteiger partial charge in [-0.2, -0.15) is 0 Å². The van der Waals surface area contributed by atoms with Gasteiger partial charge in [0.2, 0.25) is 15.9 Å². The van der Waals surface area contributed by atoms with Crippen LogP contribution in [0.5, 0.6) is 0 Å². The Morgan fingerprint density at radius 1 is 1.11 bits per heavy atom. The molecule has 2 unspecified atom stereocenters. The summed E-state index contributed by atoms with van der Waals surface area (Å²) in [7, 11) is -3.92. The fourth-order valence-corrected chi connectivity index (χ4v) is 5.93. The van der Waals surface area contributed by atoms with Gasteiger partial charge in [0, 0.05) is 23.7 Å². The van der Waals surface area contributed by atoms with E-state index in [4.69, 9.17) is 5.73 Å². The maximum Gasteiger partial charge on any atom is 0.243 e. The van der Waals surface area contributed by atoms with Crippen LogP contribution < -0.4 is 15.8 Å². The lowest BCUT2D eigenvalue weighted by molar-refractivity contribution is -0.122. The number of carbonyl (C=O) groups is 1. The number of amides is 1. The van der Waals surface area contributed by atoms with Crippen LogP contribution in [0, 0.1) is 23.6 Å². The second kappa shape index (κ2) is 7.14. The van der Waals surface area contributed by atoms with Gasteiger partial charge in [-0.3, -0.25) is 4.79 Å². The van der Waals surface area contributed by atoms with Crippen molar-refractivity contribution in [2.24, 2.45) is 23.5 Å². The lowest BCUT2D eigenvalue weighted by Gasteiger charge is -2.43. The number of fused-ring (bicyclic) bond motifs is 2. The predicted octanol–water partition coefficient (Wildman–Crippen LogP) is 2.36. The molecule has 4 rings (SSSR count). The SMILES string of the molecule is NC1C2CCCC1CC(C(=O)Nc1ccc(F)c(S(=O)(=O)NC3CC3)c1)C2. The van der Waals surface area contributed by atoms with E-state index in [1.165, 1.54) is 18.6 Å². The molecule has 3 saturated carbocycles. The highest BCUT2D eigenvalue weighted by Gasteiger charge is 2.40.